The molecule has 0 fully saturated rings. The first-order chi connectivity index (χ1) is 12.8. The van der Waals surface area contributed by atoms with Crippen LogP contribution in [-0.2, 0) is 20.7 Å². The molecule has 0 bridgehead atoms. The molecule has 0 aliphatic carbocycles. The molecule has 2 heterocycles. The number of aryl methyl sites for hydroxylation is 1. The number of aliphatic imine (C=N–C) groups is 1. The van der Waals surface area contributed by atoms with Crippen molar-refractivity contribution in [1.29, 1.82) is 0 Å². The Morgan fingerprint density at radius 3 is 2.56 bits per heavy atom. The Hall–Kier alpha value is -2.24. The molecule has 1 aromatic rings. The van der Waals surface area contributed by atoms with E-state index in [1.807, 2.05) is 39.1 Å². The number of hydrogen-bond acceptors (Lipinski definition) is 5. The van der Waals surface area contributed by atoms with Gasteiger partial charge in [0.2, 0.25) is 0 Å². The molecule has 0 radical (unpaired) electrons. The molecular formula is C21H31N3O3. The third kappa shape index (κ3) is 4.73. The third-order valence-electron chi connectivity index (χ3n) is 5.18. The number of carbonyl (C=O) groups is 2. The lowest BCUT2D eigenvalue weighted by Crippen LogP contribution is -2.44. The van der Waals surface area contributed by atoms with E-state index in [9.17, 15) is 9.59 Å². The van der Waals surface area contributed by atoms with Crippen molar-refractivity contribution in [3.63, 3.8) is 0 Å². The molecule has 0 spiro atoms. The van der Waals surface area contributed by atoms with Crippen LogP contribution < -0.4 is 0 Å². The van der Waals surface area contributed by atoms with Crippen molar-refractivity contribution in [2.45, 2.75) is 65.8 Å². The number of esters is 1. The highest BCUT2D eigenvalue weighted by Gasteiger charge is 2.47. The second kappa shape index (κ2) is 9.11. The quantitative estimate of drug-likeness (QED) is 0.491. The van der Waals surface area contributed by atoms with Crippen LogP contribution in [0.15, 0.2) is 23.3 Å². The summed E-state index contributed by atoms with van der Waals surface area (Å²) in [6, 6.07) is 3.96. The van der Waals surface area contributed by atoms with Crippen molar-refractivity contribution in [2.75, 3.05) is 13.2 Å². The topological polar surface area (TPSA) is 71.9 Å². The maximum Gasteiger partial charge on any atom is 0.305 e. The predicted molar refractivity (Wildman–Crippen MR) is 106 cm³/mol. The highest BCUT2D eigenvalue weighted by Crippen LogP contribution is 2.32. The Morgan fingerprint density at radius 2 is 2.00 bits per heavy atom. The molecule has 1 aliphatic rings. The van der Waals surface area contributed by atoms with Crippen LogP contribution in [0.1, 0.15) is 65.1 Å². The number of amides is 1. The summed E-state index contributed by atoms with van der Waals surface area (Å²) >= 11 is 0. The first kappa shape index (κ1) is 21.1. The standard InChI is InChI=1S/C21H31N3O3/c1-6-16-11-12-17(22-14-16)19-23-21(5,15(3)4)20(26)24(19)13-9-8-10-18(25)27-7-2/h11-12,14-15H,6-10,13H2,1-5H3. The highest BCUT2D eigenvalue weighted by molar-refractivity contribution is 6.14. The van der Waals surface area contributed by atoms with Crippen molar-refractivity contribution in [3.8, 4) is 0 Å². The smallest absolute Gasteiger partial charge is 0.305 e. The summed E-state index contributed by atoms with van der Waals surface area (Å²) in [5.41, 5.74) is 1.09. The first-order valence-corrected chi connectivity index (χ1v) is 9.86. The van der Waals surface area contributed by atoms with Crippen LogP contribution in [0.3, 0.4) is 0 Å². The average Bonchev–Trinajstić information content (AvgIpc) is 2.91. The second-order valence-electron chi connectivity index (χ2n) is 7.36. The molecular weight excluding hydrogens is 342 g/mol. The summed E-state index contributed by atoms with van der Waals surface area (Å²) in [5, 5.41) is 0. The molecule has 0 N–H and O–H groups in total. The van der Waals surface area contributed by atoms with Crippen LogP contribution in [0.5, 0.6) is 0 Å². The second-order valence-corrected chi connectivity index (χ2v) is 7.36. The van der Waals surface area contributed by atoms with Crippen LogP contribution in [0, 0.1) is 5.92 Å². The van der Waals surface area contributed by atoms with Crippen LogP contribution in [0.2, 0.25) is 0 Å². The number of unbranched alkanes of at least 4 members (excludes halogenated alkanes) is 1. The number of ether oxygens (including phenoxy) is 1. The van der Waals surface area contributed by atoms with Crippen molar-refractivity contribution < 1.29 is 14.3 Å². The lowest BCUT2D eigenvalue weighted by molar-refractivity contribution is -0.143. The van der Waals surface area contributed by atoms with Crippen LogP contribution in [0.25, 0.3) is 0 Å². The summed E-state index contributed by atoms with van der Waals surface area (Å²) in [6.45, 7) is 10.7. The lowest BCUT2D eigenvalue weighted by atomic mass is 9.89. The predicted octanol–water partition coefficient (Wildman–Crippen LogP) is 3.38. The van der Waals surface area contributed by atoms with Crippen molar-refractivity contribution in [2.24, 2.45) is 10.9 Å². The van der Waals surface area contributed by atoms with Gasteiger partial charge in [0.1, 0.15) is 11.2 Å². The Morgan fingerprint density at radius 1 is 1.26 bits per heavy atom. The molecule has 1 atom stereocenters. The summed E-state index contributed by atoms with van der Waals surface area (Å²) < 4.78 is 4.96. The van der Waals surface area contributed by atoms with E-state index in [0.29, 0.717) is 38.2 Å². The van der Waals surface area contributed by atoms with E-state index in [0.717, 1.165) is 17.7 Å². The number of rotatable bonds is 9. The van der Waals surface area contributed by atoms with Gasteiger partial charge in [0, 0.05) is 19.2 Å². The highest BCUT2D eigenvalue weighted by atomic mass is 16.5. The number of amidine groups is 1. The Labute approximate surface area is 162 Å². The zero-order valence-corrected chi connectivity index (χ0v) is 17.1. The molecule has 0 saturated heterocycles. The Kier molecular flexibility index (Phi) is 7.11. The number of nitrogens with zero attached hydrogens (tertiary/aromatic N) is 3. The zero-order chi connectivity index (χ0) is 20.0. The van der Waals surface area contributed by atoms with Crippen molar-refractivity contribution in [3.05, 3.63) is 29.6 Å². The van der Waals surface area contributed by atoms with Gasteiger partial charge >= 0.3 is 5.97 Å². The molecule has 0 aromatic carbocycles. The fourth-order valence-corrected chi connectivity index (χ4v) is 3.01. The van der Waals surface area contributed by atoms with Crippen molar-refractivity contribution >= 4 is 17.7 Å². The maximum absolute atomic E-state index is 13.1. The van der Waals surface area contributed by atoms with Gasteiger partial charge in [0.25, 0.3) is 5.91 Å². The van der Waals surface area contributed by atoms with Gasteiger partial charge in [-0.05, 0) is 50.7 Å². The molecule has 1 amide bonds. The van der Waals surface area contributed by atoms with E-state index in [1.165, 1.54) is 0 Å². The molecule has 1 aromatic heterocycles. The van der Waals surface area contributed by atoms with Crippen LogP contribution in [-0.4, -0.2) is 46.3 Å². The molecule has 6 heteroatoms. The molecule has 1 unspecified atom stereocenters. The fourth-order valence-electron chi connectivity index (χ4n) is 3.01. The van der Waals surface area contributed by atoms with E-state index in [1.54, 1.807) is 11.8 Å². The molecule has 6 nitrogen and oxygen atoms in total. The Balaban J connectivity index is 2.15. The molecule has 2 rings (SSSR count). The van der Waals surface area contributed by atoms with E-state index in [4.69, 9.17) is 9.73 Å². The lowest BCUT2D eigenvalue weighted by Gasteiger charge is -2.25. The average molecular weight is 373 g/mol. The minimum Gasteiger partial charge on any atom is -0.466 e. The van der Waals surface area contributed by atoms with Gasteiger partial charge in [-0.3, -0.25) is 19.5 Å². The van der Waals surface area contributed by atoms with E-state index in [2.05, 4.69) is 11.9 Å². The Bertz CT molecular complexity index is 697. The zero-order valence-electron chi connectivity index (χ0n) is 17.1. The summed E-state index contributed by atoms with van der Waals surface area (Å²) in [7, 11) is 0. The van der Waals surface area contributed by atoms with Gasteiger partial charge in [0.05, 0.1) is 6.61 Å². The van der Waals surface area contributed by atoms with Crippen molar-refractivity contribution in [1.82, 2.24) is 9.88 Å². The summed E-state index contributed by atoms with van der Waals surface area (Å²) in [4.78, 5) is 35.7. The monoisotopic (exact) mass is 373 g/mol. The van der Waals surface area contributed by atoms with E-state index in [-0.39, 0.29) is 17.8 Å². The number of carbonyl (C=O) groups excluding carboxylic acids is 2. The summed E-state index contributed by atoms with van der Waals surface area (Å²) in [5.74, 6) is 0.530. The van der Waals surface area contributed by atoms with Crippen LogP contribution in [0.4, 0.5) is 0 Å². The van der Waals surface area contributed by atoms with Crippen LogP contribution >= 0.6 is 0 Å². The molecule has 27 heavy (non-hydrogen) atoms. The minimum atomic E-state index is -0.776. The van der Waals surface area contributed by atoms with Gasteiger partial charge in [0.15, 0.2) is 5.84 Å². The molecule has 1 aliphatic heterocycles. The largest absolute Gasteiger partial charge is 0.466 e. The normalized spacial score (nSPS) is 19.6. The van der Waals surface area contributed by atoms with E-state index >= 15 is 0 Å². The van der Waals surface area contributed by atoms with Gasteiger partial charge in [-0.25, -0.2) is 4.99 Å². The van der Waals surface area contributed by atoms with Gasteiger partial charge in [-0.1, -0.05) is 26.8 Å². The van der Waals surface area contributed by atoms with Gasteiger partial charge in [-0.15, -0.1) is 0 Å². The third-order valence-corrected chi connectivity index (χ3v) is 5.18. The number of pyridine rings is 1. The molecule has 0 saturated carbocycles. The first-order valence-electron chi connectivity index (χ1n) is 9.86. The molecule has 148 valence electrons. The SMILES string of the molecule is CCOC(=O)CCCCN1C(=O)C(C)(C(C)C)N=C1c1ccc(CC)cn1. The van der Waals surface area contributed by atoms with Gasteiger partial charge < -0.3 is 4.74 Å². The fraction of sp³-hybridized carbons (Fsp3) is 0.619. The summed E-state index contributed by atoms with van der Waals surface area (Å²) in [6.07, 6.45) is 4.51. The number of aromatic nitrogens is 1. The number of hydrogen-bond donors (Lipinski definition) is 0. The van der Waals surface area contributed by atoms with E-state index < -0.39 is 5.54 Å². The van der Waals surface area contributed by atoms with Gasteiger partial charge in [-0.2, -0.15) is 0 Å². The maximum atomic E-state index is 13.1. The minimum absolute atomic E-state index is 0.00463.